The molecule has 0 atom stereocenters. The van der Waals surface area contributed by atoms with E-state index in [1.165, 1.54) is 6.42 Å². The van der Waals surface area contributed by atoms with Crippen molar-refractivity contribution in [2.24, 2.45) is 5.73 Å². The van der Waals surface area contributed by atoms with Crippen LogP contribution in [-0.4, -0.2) is 32.1 Å². The zero-order valence-electron chi connectivity index (χ0n) is 11.3. The van der Waals surface area contributed by atoms with Gasteiger partial charge in [0.25, 0.3) is 5.91 Å². The number of primary amides is 1. The Bertz CT molecular complexity index is 642. The van der Waals surface area contributed by atoms with Gasteiger partial charge in [0.15, 0.2) is 11.5 Å². The number of hydrogen-bond donors (Lipinski definition) is 3. The van der Waals surface area contributed by atoms with Gasteiger partial charge in [-0.1, -0.05) is 0 Å². The van der Waals surface area contributed by atoms with Gasteiger partial charge in [0.1, 0.15) is 0 Å². The highest BCUT2D eigenvalue weighted by Crippen LogP contribution is 2.24. The van der Waals surface area contributed by atoms with Crippen molar-refractivity contribution in [1.82, 2.24) is 20.2 Å². The topological polar surface area (TPSA) is 119 Å². The molecule has 1 aliphatic rings. The monoisotopic (exact) mass is 285 g/mol. The molecule has 1 fully saturated rings. The average Bonchev–Trinajstić information content (AvgIpc) is 2.44. The lowest BCUT2D eigenvalue weighted by Gasteiger charge is -2.27. The Morgan fingerprint density at radius 2 is 2.19 bits per heavy atom. The first-order valence-corrected chi connectivity index (χ1v) is 6.70. The second-order valence-electron chi connectivity index (χ2n) is 4.84. The van der Waals surface area contributed by atoms with E-state index in [2.05, 4.69) is 30.8 Å². The van der Waals surface area contributed by atoms with E-state index in [4.69, 9.17) is 5.73 Å². The first-order chi connectivity index (χ1) is 10.2. The Morgan fingerprint density at radius 1 is 1.33 bits per heavy atom. The molecule has 3 rings (SSSR count). The third-order valence-electron chi connectivity index (χ3n) is 3.28. The maximum absolute atomic E-state index is 11.4. The van der Waals surface area contributed by atoms with Crippen LogP contribution in [0, 0.1) is 0 Å². The zero-order chi connectivity index (χ0) is 14.7. The fourth-order valence-corrected chi connectivity index (χ4v) is 1.96. The van der Waals surface area contributed by atoms with Crippen molar-refractivity contribution in [3.05, 3.63) is 30.2 Å². The molecule has 0 spiro atoms. The smallest absolute Gasteiger partial charge is 0.273 e. The van der Waals surface area contributed by atoms with E-state index in [0.29, 0.717) is 11.9 Å². The zero-order valence-corrected chi connectivity index (χ0v) is 11.3. The summed E-state index contributed by atoms with van der Waals surface area (Å²) >= 11 is 0. The van der Waals surface area contributed by atoms with Crippen molar-refractivity contribution in [3.8, 4) is 0 Å². The first-order valence-electron chi connectivity index (χ1n) is 6.70. The molecule has 0 aromatic carbocycles. The SMILES string of the molecule is NC(=O)c1nnc(Nc2cccnc2)nc1NC1CCC1. The Kier molecular flexibility index (Phi) is 3.59. The molecule has 0 unspecified atom stereocenters. The van der Waals surface area contributed by atoms with E-state index in [0.717, 1.165) is 18.5 Å². The summed E-state index contributed by atoms with van der Waals surface area (Å²) in [6, 6.07) is 3.93. The minimum Gasteiger partial charge on any atom is -0.365 e. The van der Waals surface area contributed by atoms with E-state index in [1.807, 2.05) is 6.07 Å². The second kappa shape index (κ2) is 5.70. The fourth-order valence-electron chi connectivity index (χ4n) is 1.96. The third kappa shape index (κ3) is 3.04. The third-order valence-corrected chi connectivity index (χ3v) is 3.28. The quantitative estimate of drug-likeness (QED) is 0.751. The summed E-state index contributed by atoms with van der Waals surface area (Å²) in [5, 5.41) is 13.9. The molecule has 0 saturated heterocycles. The second-order valence-corrected chi connectivity index (χ2v) is 4.84. The molecule has 108 valence electrons. The molecule has 1 aliphatic carbocycles. The number of nitrogens with zero attached hydrogens (tertiary/aromatic N) is 4. The molecule has 8 nitrogen and oxygen atoms in total. The molecule has 2 aromatic heterocycles. The lowest BCUT2D eigenvalue weighted by atomic mass is 9.93. The van der Waals surface area contributed by atoms with Crippen LogP contribution in [0.1, 0.15) is 29.8 Å². The number of amides is 1. The van der Waals surface area contributed by atoms with Crippen LogP contribution in [0.25, 0.3) is 0 Å². The van der Waals surface area contributed by atoms with Crippen LogP contribution in [0.3, 0.4) is 0 Å². The Morgan fingerprint density at radius 3 is 2.81 bits per heavy atom. The Balaban J connectivity index is 1.84. The molecule has 8 heteroatoms. The van der Waals surface area contributed by atoms with Gasteiger partial charge >= 0.3 is 0 Å². The van der Waals surface area contributed by atoms with Crippen LogP contribution in [0.4, 0.5) is 17.5 Å². The van der Waals surface area contributed by atoms with Crippen LogP contribution in [0.5, 0.6) is 0 Å². The van der Waals surface area contributed by atoms with Gasteiger partial charge in [0, 0.05) is 12.2 Å². The van der Waals surface area contributed by atoms with Crippen LogP contribution in [0.15, 0.2) is 24.5 Å². The highest BCUT2D eigenvalue weighted by atomic mass is 16.1. The molecular formula is C13H15N7O. The lowest BCUT2D eigenvalue weighted by molar-refractivity contribution is 0.0995. The van der Waals surface area contributed by atoms with Crippen molar-refractivity contribution < 1.29 is 4.79 Å². The van der Waals surface area contributed by atoms with Gasteiger partial charge in [-0.25, -0.2) is 0 Å². The summed E-state index contributed by atoms with van der Waals surface area (Å²) in [4.78, 5) is 19.7. The van der Waals surface area contributed by atoms with Gasteiger partial charge < -0.3 is 16.4 Å². The van der Waals surface area contributed by atoms with Crippen molar-refractivity contribution in [3.63, 3.8) is 0 Å². The summed E-state index contributed by atoms with van der Waals surface area (Å²) < 4.78 is 0. The van der Waals surface area contributed by atoms with Gasteiger partial charge in [0.05, 0.1) is 11.9 Å². The van der Waals surface area contributed by atoms with Crippen molar-refractivity contribution in [1.29, 1.82) is 0 Å². The van der Waals surface area contributed by atoms with Crippen LogP contribution in [-0.2, 0) is 0 Å². The van der Waals surface area contributed by atoms with Gasteiger partial charge in [-0.3, -0.25) is 9.78 Å². The van der Waals surface area contributed by atoms with E-state index >= 15 is 0 Å². The van der Waals surface area contributed by atoms with E-state index < -0.39 is 5.91 Å². The summed E-state index contributed by atoms with van der Waals surface area (Å²) in [6.45, 7) is 0. The number of aromatic nitrogens is 4. The molecule has 0 bridgehead atoms. The van der Waals surface area contributed by atoms with Crippen molar-refractivity contribution >= 4 is 23.4 Å². The number of pyridine rings is 1. The van der Waals surface area contributed by atoms with Crippen molar-refractivity contribution in [2.45, 2.75) is 25.3 Å². The van der Waals surface area contributed by atoms with Gasteiger partial charge in [-0.05, 0) is 31.4 Å². The number of hydrogen-bond acceptors (Lipinski definition) is 7. The molecule has 0 radical (unpaired) electrons. The number of nitrogens with two attached hydrogens (primary N) is 1. The summed E-state index contributed by atoms with van der Waals surface area (Å²) in [6.07, 6.45) is 6.58. The molecule has 1 saturated carbocycles. The largest absolute Gasteiger partial charge is 0.365 e. The number of carbonyl (C=O) groups excluding carboxylic acids is 1. The lowest BCUT2D eigenvalue weighted by Crippen LogP contribution is -2.30. The minimum absolute atomic E-state index is 0.0543. The van der Waals surface area contributed by atoms with Gasteiger partial charge in [-0.2, -0.15) is 4.98 Å². The van der Waals surface area contributed by atoms with Crippen molar-refractivity contribution in [2.75, 3.05) is 10.6 Å². The first kappa shape index (κ1) is 13.2. The van der Waals surface area contributed by atoms with Crippen LogP contribution >= 0.6 is 0 Å². The minimum atomic E-state index is -0.648. The van der Waals surface area contributed by atoms with Gasteiger partial charge in [-0.15, -0.1) is 10.2 Å². The summed E-state index contributed by atoms with van der Waals surface area (Å²) in [7, 11) is 0. The number of nitrogens with one attached hydrogen (secondary N) is 2. The molecule has 4 N–H and O–H groups in total. The number of anilines is 3. The number of carbonyl (C=O) groups is 1. The Labute approximate surface area is 121 Å². The van der Waals surface area contributed by atoms with E-state index in [1.54, 1.807) is 18.5 Å². The average molecular weight is 285 g/mol. The molecule has 2 heterocycles. The standard InChI is InChI=1S/C13H15N7O/c14-11(21)10-12(16-8-3-1-4-8)18-13(20-19-10)17-9-5-2-6-15-7-9/h2,5-8H,1,3-4H2,(H2,14,21)(H2,16,17,18,20). The molecule has 1 amide bonds. The van der Waals surface area contributed by atoms with Gasteiger partial charge in [0.2, 0.25) is 5.95 Å². The van der Waals surface area contributed by atoms with E-state index in [9.17, 15) is 4.79 Å². The molecule has 0 aliphatic heterocycles. The predicted octanol–water partition coefficient (Wildman–Crippen LogP) is 1.07. The predicted molar refractivity (Wildman–Crippen MR) is 77.1 cm³/mol. The molecule has 21 heavy (non-hydrogen) atoms. The van der Waals surface area contributed by atoms with E-state index in [-0.39, 0.29) is 11.6 Å². The number of rotatable bonds is 5. The normalized spacial score (nSPS) is 14.3. The molecule has 2 aromatic rings. The van der Waals surface area contributed by atoms with Crippen LogP contribution < -0.4 is 16.4 Å². The van der Waals surface area contributed by atoms with Crippen LogP contribution in [0.2, 0.25) is 0 Å². The highest BCUT2D eigenvalue weighted by molar-refractivity contribution is 5.95. The fraction of sp³-hybridized carbons (Fsp3) is 0.308. The summed E-state index contributed by atoms with van der Waals surface area (Å²) in [5.74, 6) is 0.00756. The highest BCUT2D eigenvalue weighted by Gasteiger charge is 2.22. The summed E-state index contributed by atoms with van der Waals surface area (Å²) in [5.41, 5.74) is 6.09. The maximum atomic E-state index is 11.4. The Hall–Kier alpha value is -2.77. The molecular weight excluding hydrogens is 270 g/mol. The maximum Gasteiger partial charge on any atom is 0.273 e.